The van der Waals surface area contributed by atoms with Crippen LogP contribution in [0.1, 0.15) is 11.1 Å². The monoisotopic (exact) mass is 406 g/mol. The second kappa shape index (κ2) is 7.53. The summed E-state index contributed by atoms with van der Waals surface area (Å²) in [5, 5.41) is 3.58. The summed E-state index contributed by atoms with van der Waals surface area (Å²) in [5.74, 6) is -1.39. The number of nitrogens with one attached hydrogen (secondary N) is 1. The first kappa shape index (κ1) is 18.9. The second-order valence-electron chi connectivity index (χ2n) is 6.62. The number of halogens is 2. The normalized spacial score (nSPS) is 14.0. The lowest BCUT2D eigenvalue weighted by atomic mass is 10.0. The van der Waals surface area contributed by atoms with Crippen molar-refractivity contribution in [2.24, 2.45) is 0 Å². The van der Waals surface area contributed by atoms with Crippen LogP contribution in [0.3, 0.4) is 0 Å². The van der Waals surface area contributed by atoms with E-state index in [1.165, 1.54) is 24.3 Å². The SMILES string of the molecule is Cc1cc(Cl)ccc1N1C(=O)C(Nc2ccccc2)=C(c2ccc(F)cc2)C1=O. The third-order valence-electron chi connectivity index (χ3n) is 4.66. The van der Waals surface area contributed by atoms with Gasteiger partial charge in [-0.15, -0.1) is 0 Å². The van der Waals surface area contributed by atoms with Gasteiger partial charge in [-0.25, -0.2) is 9.29 Å². The van der Waals surface area contributed by atoms with Gasteiger partial charge in [0.1, 0.15) is 11.5 Å². The number of nitrogens with zero attached hydrogens (tertiary/aromatic N) is 1. The summed E-state index contributed by atoms with van der Waals surface area (Å²) in [5.41, 5.74) is 2.60. The molecule has 0 saturated carbocycles. The number of hydrogen-bond donors (Lipinski definition) is 1. The van der Waals surface area contributed by atoms with Gasteiger partial charge >= 0.3 is 0 Å². The van der Waals surface area contributed by atoms with Gasteiger partial charge in [0, 0.05) is 10.7 Å². The van der Waals surface area contributed by atoms with Crippen molar-refractivity contribution in [1.29, 1.82) is 0 Å². The van der Waals surface area contributed by atoms with Crippen LogP contribution in [0.5, 0.6) is 0 Å². The van der Waals surface area contributed by atoms with E-state index in [-0.39, 0.29) is 11.3 Å². The lowest BCUT2D eigenvalue weighted by molar-refractivity contribution is -0.120. The van der Waals surface area contributed by atoms with Gasteiger partial charge in [0.05, 0.1) is 11.3 Å². The van der Waals surface area contributed by atoms with Gasteiger partial charge in [0.2, 0.25) is 0 Å². The quantitative estimate of drug-likeness (QED) is 0.607. The molecular weight excluding hydrogens is 391 g/mol. The molecule has 0 bridgehead atoms. The molecule has 0 aliphatic carbocycles. The summed E-state index contributed by atoms with van der Waals surface area (Å²) in [4.78, 5) is 27.7. The molecule has 0 saturated heterocycles. The maximum absolute atomic E-state index is 13.4. The minimum absolute atomic E-state index is 0.141. The van der Waals surface area contributed by atoms with Crippen molar-refractivity contribution < 1.29 is 14.0 Å². The van der Waals surface area contributed by atoms with Gasteiger partial charge in [0.15, 0.2) is 0 Å². The highest BCUT2D eigenvalue weighted by atomic mass is 35.5. The number of carbonyl (C=O) groups is 2. The maximum atomic E-state index is 13.4. The molecule has 0 spiro atoms. The fraction of sp³-hybridized carbons (Fsp3) is 0.0435. The van der Waals surface area contributed by atoms with Crippen LogP contribution in [0.2, 0.25) is 5.02 Å². The first-order valence-corrected chi connectivity index (χ1v) is 9.31. The van der Waals surface area contributed by atoms with Crippen molar-refractivity contribution in [3.63, 3.8) is 0 Å². The molecule has 3 aromatic rings. The molecule has 1 aliphatic heterocycles. The molecule has 4 rings (SSSR count). The summed E-state index contributed by atoms with van der Waals surface area (Å²) < 4.78 is 13.4. The molecule has 1 aliphatic rings. The van der Waals surface area contributed by atoms with E-state index in [0.717, 1.165) is 4.90 Å². The Bertz CT molecular complexity index is 1140. The fourth-order valence-electron chi connectivity index (χ4n) is 3.28. The Morgan fingerprint density at radius 1 is 0.897 bits per heavy atom. The molecule has 144 valence electrons. The first-order chi connectivity index (χ1) is 14.0. The molecular formula is C23H16ClFN2O2. The van der Waals surface area contributed by atoms with Gasteiger partial charge in [-0.3, -0.25) is 9.59 Å². The van der Waals surface area contributed by atoms with Crippen LogP contribution in [0.25, 0.3) is 5.57 Å². The summed E-state index contributed by atoms with van der Waals surface area (Å²) in [6.45, 7) is 1.78. The molecule has 1 heterocycles. The molecule has 0 aromatic heterocycles. The van der Waals surface area contributed by atoms with E-state index in [2.05, 4.69) is 5.32 Å². The summed E-state index contributed by atoms with van der Waals surface area (Å²) in [6, 6.07) is 19.5. The van der Waals surface area contributed by atoms with Gasteiger partial charge in [-0.2, -0.15) is 0 Å². The van der Waals surface area contributed by atoms with Crippen molar-refractivity contribution in [2.75, 3.05) is 10.2 Å². The predicted octanol–water partition coefficient (Wildman–Crippen LogP) is 5.18. The Hall–Kier alpha value is -3.44. The largest absolute Gasteiger partial charge is 0.350 e. The molecule has 2 amide bonds. The Morgan fingerprint density at radius 2 is 1.59 bits per heavy atom. The number of rotatable bonds is 4. The first-order valence-electron chi connectivity index (χ1n) is 8.93. The molecule has 0 radical (unpaired) electrons. The number of amides is 2. The van der Waals surface area contributed by atoms with Crippen LogP contribution in [-0.4, -0.2) is 11.8 Å². The van der Waals surface area contributed by atoms with Crippen LogP contribution in [0.4, 0.5) is 15.8 Å². The molecule has 3 aromatic carbocycles. The third-order valence-corrected chi connectivity index (χ3v) is 4.89. The number of imide groups is 1. The van der Waals surface area contributed by atoms with Crippen molar-refractivity contribution >= 4 is 40.4 Å². The van der Waals surface area contributed by atoms with Crippen LogP contribution in [0.15, 0.2) is 78.5 Å². The zero-order chi connectivity index (χ0) is 20.5. The van der Waals surface area contributed by atoms with E-state index in [4.69, 9.17) is 11.6 Å². The molecule has 4 nitrogen and oxygen atoms in total. The average Bonchev–Trinajstić information content (AvgIpc) is 2.94. The fourth-order valence-corrected chi connectivity index (χ4v) is 3.51. The van der Waals surface area contributed by atoms with Crippen LogP contribution in [-0.2, 0) is 9.59 Å². The van der Waals surface area contributed by atoms with Crippen molar-refractivity contribution in [3.05, 3.63) is 100 Å². The molecule has 1 N–H and O–H groups in total. The number of carbonyl (C=O) groups excluding carboxylic acids is 2. The van der Waals surface area contributed by atoms with Crippen LogP contribution >= 0.6 is 11.6 Å². The summed E-state index contributed by atoms with van der Waals surface area (Å²) >= 11 is 6.03. The van der Waals surface area contributed by atoms with Crippen molar-refractivity contribution in [3.8, 4) is 0 Å². The molecule has 0 fully saturated rings. The predicted molar refractivity (Wildman–Crippen MR) is 112 cm³/mol. The Morgan fingerprint density at radius 3 is 2.24 bits per heavy atom. The topological polar surface area (TPSA) is 49.4 Å². The lowest BCUT2D eigenvalue weighted by Gasteiger charge is -2.18. The minimum atomic E-state index is -0.483. The zero-order valence-corrected chi connectivity index (χ0v) is 16.2. The number of para-hydroxylation sites is 1. The highest BCUT2D eigenvalue weighted by molar-refractivity contribution is 6.46. The number of hydrogen-bond acceptors (Lipinski definition) is 3. The van der Waals surface area contributed by atoms with Crippen molar-refractivity contribution in [1.82, 2.24) is 0 Å². The Labute approximate surface area is 172 Å². The summed E-state index contributed by atoms with van der Waals surface area (Å²) in [7, 11) is 0. The highest BCUT2D eigenvalue weighted by Gasteiger charge is 2.40. The second-order valence-corrected chi connectivity index (χ2v) is 7.06. The van der Waals surface area contributed by atoms with E-state index in [0.29, 0.717) is 27.5 Å². The van der Waals surface area contributed by atoms with Gasteiger partial charge in [-0.05, 0) is 60.5 Å². The Balaban J connectivity index is 1.84. The standard InChI is InChI=1S/C23H16ClFN2O2/c1-14-13-16(24)9-12-19(14)27-22(28)20(15-7-10-17(25)11-8-15)21(23(27)29)26-18-5-3-2-4-6-18/h2-13,26H,1H3. The van der Waals surface area contributed by atoms with E-state index in [1.54, 1.807) is 37.3 Å². The number of anilines is 2. The maximum Gasteiger partial charge on any atom is 0.282 e. The Kier molecular flexibility index (Phi) is 4.91. The average molecular weight is 407 g/mol. The van der Waals surface area contributed by atoms with Gasteiger partial charge in [-0.1, -0.05) is 41.9 Å². The number of aryl methyl sites for hydroxylation is 1. The van der Waals surface area contributed by atoms with E-state index in [9.17, 15) is 14.0 Å². The van der Waals surface area contributed by atoms with E-state index < -0.39 is 17.6 Å². The third kappa shape index (κ3) is 3.52. The van der Waals surface area contributed by atoms with Gasteiger partial charge in [0.25, 0.3) is 11.8 Å². The smallest absolute Gasteiger partial charge is 0.282 e. The lowest BCUT2D eigenvalue weighted by Crippen LogP contribution is -2.33. The van der Waals surface area contributed by atoms with E-state index >= 15 is 0 Å². The van der Waals surface area contributed by atoms with Crippen LogP contribution < -0.4 is 10.2 Å². The molecule has 29 heavy (non-hydrogen) atoms. The van der Waals surface area contributed by atoms with Gasteiger partial charge < -0.3 is 5.32 Å². The van der Waals surface area contributed by atoms with E-state index in [1.807, 2.05) is 18.2 Å². The number of benzene rings is 3. The molecule has 0 atom stereocenters. The van der Waals surface area contributed by atoms with Crippen molar-refractivity contribution in [2.45, 2.75) is 6.92 Å². The summed E-state index contributed by atoms with van der Waals surface area (Å²) in [6.07, 6.45) is 0. The minimum Gasteiger partial charge on any atom is -0.350 e. The zero-order valence-electron chi connectivity index (χ0n) is 15.4. The van der Waals surface area contributed by atoms with Crippen LogP contribution in [0, 0.1) is 12.7 Å². The molecule has 6 heteroatoms. The highest BCUT2D eigenvalue weighted by Crippen LogP contribution is 2.35. The molecule has 0 unspecified atom stereocenters.